The predicted molar refractivity (Wildman–Crippen MR) is 77.3 cm³/mol. The van der Waals surface area contributed by atoms with Gasteiger partial charge < -0.3 is 9.88 Å². The minimum Gasteiger partial charge on any atom is -0.370 e. The summed E-state index contributed by atoms with van der Waals surface area (Å²) in [7, 11) is 0. The molecule has 0 saturated carbocycles. The Balaban J connectivity index is 1.72. The number of anilines is 1. The molecule has 0 bridgehead atoms. The van der Waals surface area contributed by atoms with Crippen molar-refractivity contribution in [2.75, 3.05) is 18.4 Å². The summed E-state index contributed by atoms with van der Waals surface area (Å²) >= 11 is 0. The van der Waals surface area contributed by atoms with Gasteiger partial charge in [-0.1, -0.05) is 0 Å². The van der Waals surface area contributed by atoms with Crippen molar-refractivity contribution in [3.8, 4) is 0 Å². The van der Waals surface area contributed by atoms with E-state index in [0.29, 0.717) is 0 Å². The minimum atomic E-state index is 0.771. The molecule has 0 radical (unpaired) electrons. The van der Waals surface area contributed by atoms with Gasteiger partial charge in [0.05, 0.1) is 13.1 Å². The van der Waals surface area contributed by atoms with E-state index in [4.69, 9.17) is 0 Å². The fourth-order valence-corrected chi connectivity index (χ4v) is 2.53. The first-order chi connectivity index (χ1) is 9.74. The summed E-state index contributed by atoms with van der Waals surface area (Å²) in [4.78, 5) is 15.8. The number of hydrogen-bond donors (Lipinski definition) is 1. The molecule has 0 aliphatic carbocycles. The van der Waals surface area contributed by atoms with E-state index in [1.807, 2.05) is 25.4 Å². The van der Waals surface area contributed by atoms with Crippen molar-refractivity contribution in [1.29, 1.82) is 0 Å². The largest absolute Gasteiger partial charge is 0.370 e. The van der Waals surface area contributed by atoms with Crippen LogP contribution < -0.4 is 5.32 Å². The fourth-order valence-electron chi connectivity index (χ4n) is 2.53. The second-order valence-corrected chi connectivity index (χ2v) is 5.09. The van der Waals surface area contributed by atoms with Gasteiger partial charge in [-0.05, 0) is 13.8 Å². The second kappa shape index (κ2) is 5.58. The third-order valence-corrected chi connectivity index (χ3v) is 3.45. The zero-order chi connectivity index (χ0) is 13.9. The van der Waals surface area contributed by atoms with Crippen molar-refractivity contribution in [2.45, 2.75) is 33.5 Å². The van der Waals surface area contributed by atoms with Gasteiger partial charge >= 0.3 is 0 Å². The standard InChI is InChI=1S/C14H20N6/c1-3-15-12-8-11(2)17-13(18-12)9-19-6-7-20-5-4-16-14(20)10-19/h4-5,8H,3,6-7,9-10H2,1-2H3,(H,15,17,18). The van der Waals surface area contributed by atoms with Crippen LogP contribution in [-0.2, 0) is 19.6 Å². The van der Waals surface area contributed by atoms with Gasteiger partial charge in [-0.15, -0.1) is 0 Å². The monoisotopic (exact) mass is 272 g/mol. The first kappa shape index (κ1) is 13.1. The third kappa shape index (κ3) is 2.80. The molecule has 0 atom stereocenters. The average molecular weight is 272 g/mol. The normalized spacial score (nSPS) is 15.1. The van der Waals surface area contributed by atoms with Crippen LogP contribution >= 0.6 is 0 Å². The number of aromatic nitrogens is 4. The third-order valence-electron chi connectivity index (χ3n) is 3.45. The van der Waals surface area contributed by atoms with Crippen LogP contribution in [0.25, 0.3) is 0 Å². The molecule has 106 valence electrons. The summed E-state index contributed by atoms with van der Waals surface area (Å²) < 4.78 is 2.21. The Morgan fingerprint density at radius 3 is 3.05 bits per heavy atom. The Morgan fingerprint density at radius 2 is 2.20 bits per heavy atom. The lowest BCUT2D eigenvalue weighted by Gasteiger charge is -2.26. The SMILES string of the molecule is CCNc1cc(C)nc(CN2CCn3ccnc3C2)n1. The van der Waals surface area contributed by atoms with E-state index in [1.165, 1.54) is 0 Å². The van der Waals surface area contributed by atoms with Gasteiger partial charge in [0.15, 0.2) is 0 Å². The lowest BCUT2D eigenvalue weighted by molar-refractivity contribution is 0.204. The highest BCUT2D eigenvalue weighted by Gasteiger charge is 2.17. The van der Waals surface area contributed by atoms with Gasteiger partial charge in [-0.2, -0.15) is 0 Å². The van der Waals surface area contributed by atoms with E-state index in [1.54, 1.807) is 0 Å². The van der Waals surface area contributed by atoms with E-state index < -0.39 is 0 Å². The van der Waals surface area contributed by atoms with Gasteiger partial charge in [0.2, 0.25) is 0 Å². The summed E-state index contributed by atoms with van der Waals surface area (Å²) in [5, 5.41) is 3.25. The van der Waals surface area contributed by atoms with Crippen LogP contribution in [0.15, 0.2) is 18.5 Å². The highest BCUT2D eigenvalue weighted by atomic mass is 15.2. The number of fused-ring (bicyclic) bond motifs is 1. The summed E-state index contributed by atoms with van der Waals surface area (Å²) in [6.07, 6.45) is 3.91. The van der Waals surface area contributed by atoms with Crippen LogP contribution in [0, 0.1) is 6.92 Å². The van der Waals surface area contributed by atoms with Crippen molar-refractivity contribution in [1.82, 2.24) is 24.4 Å². The molecule has 20 heavy (non-hydrogen) atoms. The quantitative estimate of drug-likeness (QED) is 0.912. The van der Waals surface area contributed by atoms with Crippen LogP contribution in [-0.4, -0.2) is 37.5 Å². The molecule has 1 aliphatic rings. The summed E-state index contributed by atoms with van der Waals surface area (Å²) in [6.45, 7) is 8.58. The van der Waals surface area contributed by atoms with Crippen molar-refractivity contribution in [2.24, 2.45) is 0 Å². The number of imidazole rings is 1. The molecule has 0 fully saturated rings. The maximum Gasteiger partial charge on any atom is 0.144 e. The van der Waals surface area contributed by atoms with Gasteiger partial charge in [0.25, 0.3) is 0 Å². The van der Waals surface area contributed by atoms with Gasteiger partial charge in [-0.3, -0.25) is 4.90 Å². The summed E-state index contributed by atoms with van der Waals surface area (Å²) in [5.74, 6) is 2.91. The molecule has 0 saturated heterocycles. The molecule has 3 heterocycles. The van der Waals surface area contributed by atoms with Crippen molar-refractivity contribution >= 4 is 5.82 Å². The van der Waals surface area contributed by atoms with E-state index in [9.17, 15) is 0 Å². The van der Waals surface area contributed by atoms with Crippen LogP contribution in [0.2, 0.25) is 0 Å². The van der Waals surface area contributed by atoms with Crippen molar-refractivity contribution in [3.63, 3.8) is 0 Å². The lowest BCUT2D eigenvalue weighted by Crippen LogP contribution is -2.33. The number of rotatable bonds is 4. The number of hydrogen-bond acceptors (Lipinski definition) is 5. The maximum absolute atomic E-state index is 4.57. The van der Waals surface area contributed by atoms with Crippen LogP contribution in [0.4, 0.5) is 5.82 Å². The highest BCUT2D eigenvalue weighted by Crippen LogP contribution is 2.13. The predicted octanol–water partition coefficient (Wildman–Crippen LogP) is 1.43. The average Bonchev–Trinajstić information content (AvgIpc) is 2.85. The molecule has 2 aromatic rings. The highest BCUT2D eigenvalue weighted by molar-refractivity contribution is 5.35. The first-order valence-corrected chi connectivity index (χ1v) is 7.05. The molecular weight excluding hydrogens is 252 g/mol. The molecule has 2 aromatic heterocycles. The molecule has 0 aromatic carbocycles. The lowest BCUT2D eigenvalue weighted by atomic mass is 10.3. The number of aryl methyl sites for hydroxylation is 1. The Bertz CT molecular complexity index is 591. The molecule has 1 aliphatic heterocycles. The fraction of sp³-hybridized carbons (Fsp3) is 0.500. The molecule has 0 unspecified atom stereocenters. The van der Waals surface area contributed by atoms with Crippen molar-refractivity contribution < 1.29 is 0 Å². The summed E-state index contributed by atoms with van der Waals surface area (Å²) in [6, 6.07) is 1.98. The summed E-state index contributed by atoms with van der Waals surface area (Å²) in [5.41, 5.74) is 1.00. The van der Waals surface area contributed by atoms with Crippen molar-refractivity contribution in [3.05, 3.63) is 35.8 Å². The zero-order valence-electron chi connectivity index (χ0n) is 12.0. The van der Waals surface area contributed by atoms with Crippen LogP contribution in [0.1, 0.15) is 24.3 Å². The molecule has 0 amide bonds. The smallest absolute Gasteiger partial charge is 0.144 e. The molecule has 3 rings (SSSR count). The Kier molecular flexibility index (Phi) is 3.64. The maximum atomic E-state index is 4.57. The molecule has 1 N–H and O–H groups in total. The minimum absolute atomic E-state index is 0.771. The van der Waals surface area contributed by atoms with Crippen LogP contribution in [0.5, 0.6) is 0 Å². The molecule has 6 heteroatoms. The zero-order valence-corrected chi connectivity index (χ0v) is 12.0. The van der Waals surface area contributed by atoms with E-state index >= 15 is 0 Å². The number of nitrogens with one attached hydrogen (secondary N) is 1. The van der Waals surface area contributed by atoms with E-state index in [0.717, 1.165) is 55.9 Å². The Hall–Kier alpha value is -1.95. The van der Waals surface area contributed by atoms with Gasteiger partial charge in [0.1, 0.15) is 17.5 Å². The Labute approximate surface area is 118 Å². The molecule has 6 nitrogen and oxygen atoms in total. The topological polar surface area (TPSA) is 58.9 Å². The second-order valence-electron chi connectivity index (χ2n) is 5.09. The number of nitrogens with zero attached hydrogens (tertiary/aromatic N) is 5. The van der Waals surface area contributed by atoms with E-state index in [2.05, 4.69) is 36.7 Å². The van der Waals surface area contributed by atoms with E-state index in [-0.39, 0.29) is 0 Å². The van der Waals surface area contributed by atoms with Crippen LogP contribution in [0.3, 0.4) is 0 Å². The van der Waals surface area contributed by atoms with Gasteiger partial charge in [-0.25, -0.2) is 15.0 Å². The van der Waals surface area contributed by atoms with Gasteiger partial charge in [0, 0.05) is 43.8 Å². The Morgan fingerprint density at radius 1 is 1.30 bits per heavy atom. The first-order valence-electron chi connectivity index (χ1n) is 7.05. The molecular formula is C14H20N6. The molecule has 0 spiro atoms.